The third-order valence-electron chi connectivity index (χ3n) is 3.23. The standard InChI is InChI=1S/C12H16N2O3S/c1-7-6-18-10(14-7)5-13-11(15)8-2-3-9(4-8)12(16)17/h6,8-9H,2-5H2,1H3,(H,13,15)(H,16,17)/t8-,9+/m1/s1. The molecule has 1 aromatic heterocycles. The largest absolute Gasteiger partial charge is 0.481 e. The molecule has 18 heavy (non-hydrogen) atoms. The van der Waals surface area contributed by atoms with Crippen LogP contribution >= 0.6 is 11.3 Å². The number of aryl methyl sites for hydroxylation is 1. The topological polar surface area (TPSA) is 79.3 Å². The molecule has 0 aliphatic heterocycles. The van der Waals surface area contributed by atoms with Crippen LogP contribution in [-0.2, 0) is 16.1 Å². The summed E-state index contributed by atoms with van der Waals surface area (Å²) in [6.07, 6.45) is 1.72. The van der Waals surface area contributed by atoms with Crippen LogP contribution in [0, 0.1) is 18.8 Å². The van der Waals surface area contributed by atoms with Crippen molar-refractivity contribution in [2.24, 2.45) is 11.8 Å². The predicted molar refractivity (Wildman–Crippen MR) is 67.2 cm³/mol. The van der Waals surface area contributed by atoms with Gasteiger partial charge in [-0.2, -0.15) is 0 Å². The molecule has 1 fully saturated rings. The molecule has 0 saturated heterocycles. The molecule has 2 rings (SSSR count). The van der Waals surface area contributed by atoms with Gasteiger partial charge in [0.15, 0.2) is 0 Å². The fourth-order valence-corrected chi connectivity index (χ4v) is 2.95. The third-order valence-corrected chi connectivity index (χ3v) is 4.20. The van der Waals surface area contributed by atoms with Crippen molar-refractivity contribution in [3.8, 4) is 0 Å². The number of aromatic nitrogens is 1. The van der Waals surface area contributed by atoms with E-state index >= 15 is 0 Å². The van der Waals surface area contributed by atoms with E-state index in [1.54, 1.807) is 0 Å². The van der Waals surface area contributed by atoms with Crippen LogP contribution in [0.2, 0.25) is 0 Å². The Hall–Kier alpha value is -1.43. The van der Waals surface area contributed by atoms with E-state index in [9.17, 15) is 9.59 Å². The Labute approximate surface area is 109 Å². The molecule has 0 unspecified atom stereocenters. The number of hydrogen-bond acceptors (Lipinski definition) is 4. The molecular weight excluding hydrogens is 252 g/mol. The Kier molecular flexibility index (Phi) is 3.96. The highest BCUT2D eigenvalue weighted by Crippen LogP contribution is 2.31. The van der Waals surface area contributed by atoms with Gasteiger partial charge in [-0.1, -0.05) is 0 Å². The third kappa shape index (κ3) is 3.07. The number of aliphatic carboxylic acids is 1. The Morgan fingerprint density at radius 1 is 1.50 bits per heavy atom. The molecule has 0 aromatic carbocycles. The molecule has 98 valence electrons. The maximum absolute atomic E-state index is 11.9. The lowest BCUT2D eigenvalue weighted by atomic mass is 10.0. The lowest BCUT2D eigenvalue weighted by Gasteiger charge is -2.09. The zero-order valence-corrected chi connectivity index (χ0v) is 11.0. The van der Waals surface area contributed by atoms with Crippen LogP contribution in [0.4, 0.5) is 0 Å². The van der Waals surface area contributed by atoms with Crippen LogP contribution in [0.3, 0.4) is 0 Å². The predicted octanol–water partition coefficient (Wildman–Crippen LogP) is 1.57. The van der Waals surface area contributed by atoms with E-state index in [2.05, 4.69) is 10.3 Å². The van der Waals surface area contributed by atoms with Crippen LogP contribution in [0.1, 0.15) is 30.0 Å². The summed E-state index contributed by atoms with van der Waals surface area (Å²) < 4.78 is 0. The molecular formula is C12H16N2O3S. The molecule has 0 spiro atoms. The summed E-state index contributed by atoms with van der Waals surface area (Å²) in [5, 5.41) is 14.5. The van der Waals surface area contributed by atoms with Gasteiger partial charge in [0.1, 0.15) is 5.01 Å². The summed E-state index contributed by atoms with van der Waals surface area (Å²) in [6.45, 7) is 2.35. The van der Waals surface area contributed by atoms with Gasteiger partial charge >= 0.3 is 5.97 Å². The summed E-state index contributed by atoms with van der Waals surface area (Å²) in [4.78, 5) is 26.9. The molecule has 1 aliphatic rings. The monoisotopic (exact) mass is 268 g/mol. The molecule has 1 amide bonds. The number of carboxylic acid groups (broad SMARTS) is 1. The highest BCUT2D eigenvalue weighted by molar-refractivity contribution is 7.09. The molecule has 0 radical (unpaired) electrons. The minimum Gasteiger partial charge on any atom is -0.481 e. The number of amides is 1. The van der Waals surface area contributed by atoms with E-state index in [1.165, 1.54) is 11.3 Å². The van der Waals surface area contributed by atoms with Gasteiger partial charge in [-0.3, -0.25) is 9.59 Å². The maximum atomic E-state index is 11.9. The van der Waals surface area contributed by atoms with Crippen molar-refractivity contribution in [2.45, 2.75) is 32.7 Å². The number of carboxylic acids is 1. The summed E-state index contributed by atoms with van der Waals surface area (Å²) in [6, 6.07) is 0. The van der Waals surface area contributed by atoms with Gasteiger partial charge in [0, 0.05) is 17.0 Å². The van der Waals surface area contributed by atoms with Crippen LogP contribution in [-0.4, -0.2) is 22.0 Å². The number of carbonyl (C=O) groups excluding carboxylic acids is 1. The average molecular weight is 268 g/mol. The Balaban J connectivity index is 1.80. The van der Waals surface area contributed by atoms with Crippen LogP contribution in [0.5, 0.6) is 0 Å². The molecule has 1 saturated carbocycles. The SMILES string of the molecule is Cc1csc(CNC(=O)[C@@H]2CC[C@H](C(=O)O)C2)n1. The highest BCUT2D eigenvalue weighted by Gasteiger charge is 2.33. The van der Waals surface area contributed by atoms with Crippen LogP contribution in [0.25, 0.3) is 0 Å². The first-order valence-corrected chi connectivity index (χ1v) is 6.85. The van der Waals surface area contributed by atoms with Crippen molar-refractivity contribution in [3.63, 3.8) is 0 Å². The Bertz CT molecular complexity index is 458. The Morgan fingerprint density at radius 3 is 2.78 bits per heavy atom. The molecule has 2 atom stereocenters. The normalized spacial score (nSPS) is 22.9. The van der Waals surface area contributed by atoms with Crippen molar-refractivity contribution < 1.29 is 14.7 Å². The zero-order valence-electron chi connectivity index (χ0n) is 10.2. The lowest BCUT2D eigenvalue weighted by Crippen LogP contribution is -2.29. The quantitative estimate of drug-likeness (QED) is 0.868. The van der Waals surface area contributed by atoms with E-state index in [0.717, 1.165) is 10.7 Å². The summed E-state index contributed by atoms with van der Waals surface area (Å²) in [5.41, 5.74) is 0.955. The van der Waals surface area contributed by atoms with E-state index < -0.39 is 5.97 Å². The van der Waals surface area contributed by atoms with Gasteiger partial charge < -0.3 is 10.4 Å². The Morgan fingerprint density at radius 2 is 2.22 bits per heavy atom. The summed E-state index contributed by atoms with van der Waals surface area (Å²) in [7, 11) is 0. The molecule has 1 heterocycles. The maximum Gasteiger partial charge on any atom is 0.306 e. The smallest absolute Gasteiger partial charge is 0.306 e. The number of carbonyl (C=O) groups is 2. The number of nitrogens with zero attached hydrogens (tertiary/aromatic N) is 1. The lowest BCUT2D eigenvalue weighted by molar-refractivity contribution is -0.141. The van der Waals surface area contributed by atoms with Gasteiger partial charge in [0.25, 0.3) is 0 Å². The zero-order chi connectivity index (χ0) is 13.1. The van der Waals surface area contributed by atoms with Gasteiger partial charge in [0.05, 0.1) is 12.5 Å². The number of hydrogen-bond donors (Lipinski definition) is 2. The molecule has 0 bridgehead atoms. The van der Waals surface area contributed by atoms with E-state index in [4.69, 9.17) is 5.11 Å². The van der Waals surface area contributed by atoms with Gasteiger partial charge in [-0.05, 0) is 26.2 Å². The van der Waals surface area contributed by atoms with Crippen molar-refractivity contribution in [2.75, 3.05) is 0 Å². The van der Waals surface area contributed by atoms with Gasteiger partial charge in [-0.25, -0.2) is 4.98 Å². The van der Waals surface area contributed by atoms with Crippen molar-refractivity contribution in [3.05, 3.63) is 16.1 Å². The molecule has 5 nitrogen and oxygen atoms in total. The van der Waals surface area contributed by atoms with Crippen molar-refractivity contribution in [1.29, 1.82) is 0 Å². The minimum absolute atomic E-state index is 0.0494. The van der Waals surface area contributed by atoms with Crippen LogP contribution in [0.15, 0.2) is 5.38 Å². The highest BCUT2D eigenvalue weighted by atomic mass is 32.1. The van der Waals surface area contributed by atoms with E-state index in [1.807, 2.05) is 12.3 Å². The van der Waals surface area contributed by atoms with Crippen molar-refractivity contribution in [1.82, 2.24) is 10.3 Å². The second-order valence-electron chi connectivity index (χ2n) is 4.65. The van der Waals surface area contributed by atoms with Gasteiger partial charge in [-0.15, -0.1) is 11.3 Å². The van der Waals surface area contributed by atoms with Crippen molar-refractivity contribution >= 4 is 23.2 Å². The number of nitrogens with one attached hydrogen (secondary N) is 1. The molecule has 2 N–H and O–H groups in total. The van der Waals surface area contributed by atoms with E-state index in [0.29, 0.717) is 25.8 Å². The van der Waals surface area contributed by atoms with Gasteiger partial charge in [0.2, 0.25) is 5.91 Å². The molecule has 1 aliphatic carbocycles. The first-order chi connectivity index (χ1) is 8.56. The average Bonchev–Trinajstić information content (AvgIpc) is 2.94. The van der Waals surface area contributed by atoms with E-state index in [-0.39, 0.29) is 17.7 Å². The fraction of sp³-hybridized carbons (Fsp3) is 0.583. The number of rotatable bonds is 4. The van der Waals surface area contributed by atoms with Crippen LogP contribution < -0.4 is 5.32 Å². The summed E-state index contributed by atoms with van der Waals surface area (Å²) in [5.74, 6) is -1.36. The first-order valence-electron chi connectivity index (χ1n) is 5.98. The minimum atomic E-state index is -0.791. The number of thiazole rings is 1. The molecule has 1 aromatic rings. The fourth-order valence-electron chi connectivity index (χ4n) is 2.23. The molecule has 6 heteroatoms. The first kappa shape index (κ1) is 13.0. The summed E-state index contributed by atoms with van der Waals surface area (Å²) >= 11 is 1.52. The second kappa shape index (κ2) is 5.48. The second-order valence-corrected chi connectivity index (χ2v) is 5.59.